The SMILES string of the molecule is O=C(NCc1cc2ccccc2o1)c1ccccn1. The molecule has 94 valence electrons. The fourth-order valence-electron chi connectivity index (χ4n) is 1.88. The Labute approximate surface area is 110 Å². The molecular weight excluding hydrogens is 240 g/mol. The summed E-state index contributed by atoms with van der Waals surface area (Å²) in [5, 5.41) is 3.81. The molecule has 4 nitrogen and oxygen atoms in total. The number of para-hydroxylation sites is 1. The number of rotatable bonds is 3. The Kier molecular flexibility index (Phi) is 2.98. The first-order valence-corrected chi connectivity index (χ1v) is 5.99. The van der Waals surface area contributed by atoms with Crippen molar-refractivity contribution in [2.45, 2.75) is 6.54 Å². The Morgan fingerprint density at radius 1 is 1.16 bits per heavy atom. The first-order valence-electron chi connectivity index (χ1n) is 5.99. The fraction of sp³-hybridized carbons (Fsp3) is 0.0667. The van der Waals surface area contributed by atoms with Crippen LogP contribution in [0.3, 0.4) is 0 Å². The van der Waals surface area contributed by atoms with Gasteiger partial charge in [0.1, 0.15) is 17.0 Å². The molecule has 0 atom stereocenters. The van der Waals surface area contributed by atoms with E-state index in [1.54, 1.807) is 24.4 Å². The first-order chi connectivity index (χ1) is 9.33. The van der Waals surface area contributed by atoms with Crippen molar-refractivity contribution in [2.24, 2.45) is 0 Å². The van der Waals surface area contributed by atoms with Gasteiger partial charge in [0.05, 0.1) is 6.54 Å². The van der Waals surface area contributed by atoms with E-state index >= 15 is 0 Å². The van der Waals surface area contributed by atoms with Crippen molar-refractivity contribution < 1.29 is 9.21 Å². The molecule has 0 saturated heterocycles. The maximum atomic E-state index is 11.8. The molecule has 0 unspecified atom stereocenters. The standard InChI is InChI=1S/C15H12N2O2/c18-15(13-6-3-4-8-16-13)17-10-12-9-11-5-1-2-7-14(11)19-12/h1-9H,10H2,(H,17,18). The number of carbonyl (C=O) groups is 1. The van der Waals surface area contributed by atoms with Gasteiger partial charge in [-0.25, -0.2) is 0 Å². The van der Waals surface area contributed by atoms with E-state index in [9.17, 15) is 4.79 Å². The number of hydrogen-bond donors (Lipinski definition) is 1. The molecule has 4 heteroatoms. The topological polar surface area (TPSA) is 55.1 Å². The van der Waals surface area contributed by atoms with Crippen molar-refractivity contribution in [1.29, 1.82) is 0 Å². The molecule has 3 rings (SSSR count). The third-order valence-electron chi connectivity index (χ3n) is 2.80. The summed E-state index contributed by atoms with van der Waals surface area (Å²) < 4.78 is 5.62. The molecule has 2 heterocycles. The summed E-state index contributed by atoms with van der Waals surface area (Å²) in [4.78, 5) is 15.8. The van der Waals surface area contributed by atoms with Crippen molar-refractivity contribution in [2.75, 3.05) is 0 Å². The van der Waals surface area contributed by atoms with Crippen molar-refractivity contribution >= 4 is 16.9 Å². The lowest BCUT2D eigenvalue weighted by Gasteiger charge is -2.01. The number of amides is 1. The summed E-state index contributed by atoms with van der Waals surface area (Å²) in [5.41, 5.74) is 1.23. The average molecular weight is 252 g/mol. The number of fused-ring (bicyclic) bond motifs is 1. The number of hydrogen-bond acceptors (Lipinski definition) is 3. The van der Waals surface area contributed by atoms with Gasteiger partial charge in [-0.3, -0.25) is 9.78 Å². The quantitative estimate of drug-likeness (QED) is 0.779. The Balaban J connectivity index is 1.71. The Morgan fingerprint density at radius 2 is 2.00 bits per heavy atom. The van der Waals surface area contributed by atoms with Gasteiger partial charge in [-0.2, -0.15) is 0 Å². The van der Waals surface area contributed by atoms with Crippen LogP contribution in [0.25, 0.3) is 11.0 Å². The summed E-state index contributed by atoms with van der Waals surface area (Å²) in [6.07, 6.45) is 1.59. The first kappa shape index (κ1) is 11.5. The predicted octanol–water partition coefficient (Wildman–Crippen LogP) is 2.76. The number of nitrogens with one attached hydrogen (secondary N) is 1. The molecule has 0 spiro atoms. The van der Waals surface area contributed by atoms with Gasteiger partial charge in [0, 0.05) is 11.6 Å². The van der Waals surface area contributed by atoms with Crippen molar-refractivity contribution in [3.63, 3.8) is 0 Å². The van der Waals surface area contributed by atoms with Gasteiger partial charge >= 0.3 is 0 Å². The Hall–Kier alpha value is -2.62. The zero-order chi connectivity index (χ0) is 13.1. The summed E-state index contributed by atoms with van der Waals surface area (Å²) in [7, 11) is 0. The molecule has 3 aromatic rings. The third kappa shape index (κ3) is 2.47. The van der Waals surface area contributed by atoms with E-state index in [-0.39, 0.29) is 5.91 Å². The van der Waals surface area contributed by atoms with Crippen LogP contribution in [0, 0.1) is 0 Å². The summed E-state index contributed by atoms with van der Waals surface area (Å²) in [6.45, 7) is 0.351. The molecule has 0 fully saturated rings. The maximum absolute atomic E-state index is 11.8. The maximum Gasteiger partial charge on any atom is 0.270 e. The van der Waals surface area contributed by atoms with Crippen molar-refractivity contribution in [1.82, 2.24) is 10.3 Å². The number of aromatic nitrogens is 1. The lowest BCUT2D eigenvalue weighted by Crippen LogP contribution is -2.23. The Bertz CT molecular complexity index is 671. The summed E-state index contributed by atoms with van der Waals surface area (Å²) >= 11 is 0. The van der Waals surface area contributed by atoms with E-state index in [4.69, 9.17) is 4.42 Å². The molecule has 2 aromatic heterocycles. The van der Waals surface area contributed by atoms with Crippen LogP contribution >= 0.6 is 0 Å². The van der Waals surface area contributed by atoms with Gasteiger partial charge in [-0.15, -0.1) is 0 Å². The van der Waals surface area contributed by atoms with Crippen LogP contribution in [0.4, 0.5) is 0 Å². The van der Waals surface area contributed by atoms with E-state index in [0.29, 0.717) is 12.2 Å². The number of furan rings is 1. The normalized spacial score (nSPS) is 10.5. The van der Waals surface area contributed by atoms with Crippen molar-refractivity contribution in [3.05, 3.63) is 66.2 Å². The van der Waals surface area contributed by atoms with E-state index in [1.807, 2.05) is 30.3 Å². The van der Waals surface area contributed by atoms with E-state index in [2.05, 4.69) is 10.3 Å². The minimum atomic E-state index is -0.207. The smallest absolute Gasteiger partial charge is 0.270 e. The third-order valence-corrected chi connectivity index (χ3v) is 2.80. The highest BCUT2D eigenvalue weighted by Crippen LogP contribution is 2.18. The van der Waals surface area contributed by atoms with Gasteiger partial charge in [-0.1, -0.05) is 24.3 Å². The zero-order valence-electron chi connectivity index (χ0n) is 10.2. The monoisotopic (exact) mass is 252 g/mol. The van der Waals surface area contributed by atoms with Crippen LogP contribution in [0.15, 0.2) is 59.1 Å². The minimum Gasteiger partial charge on any atom is -0.459 e. The minimum absolute atomic E-state index is 0.207. The molecule has 0 radical (unpaired) electrons. The zero-order valence-corrected chi connectivity index (χ0v) is 10.2. The molecule has 0 aliphatic heterocycles. The molecule has 1 N–H and O–H groups in total. The number of carbonyl (C=O) groups excluding carboxylic acids is 1. The van der Waals surface area contributed by atoms with Crippen LogP contribution < -0.4 is 5.32 Å². The second kappa shape index (κ2) is 4.94. The van der Waals surface area contributed by atoms with Gasteiger partial charge < -0.3 is 9.73 Å². The van der Waals surface area contributed by atoms with E-state index < -0.39 is 0 Å². The molecule has 1 amide bonds. The average Bonchev–Trinajstić information content (AvgIpc) is 2.88. The summed E-state index contributed by atoms with van der Waals surface area (Å²) in [5.74, 6) is 0.520. The van der Waals surface area contributed by atoms with E-state index in [1.165, 1.54) is 0 Å². The van der Waals surface area contributed by atoms with Crippen LogP contribution in [-0.4, -0.2) is 10.9 Å². The molecule has 0 aliphatic carbocycles. The second-order valence-corrected chi connectivity index (χ2v) is 4.15. The highest BCUT2D eigenvalue weighted by Gasteiger charge is 2.08. The largest absolute Gasteiger partial charge is 0.459 e. The highest BCUT2D eigenvalue weighted by atomic mass is 16.3. The van der Waals surface area contributed by atoms with Gasteiger partial charge in [0.25, 0.3) is 5.91 Å². The molecular formula is C15H12N2O2. The molecule has 19 heavy (non-hydrogen) atoms. The number of benzene rings is 1. The van der Waals surface area contributed by atoms with Crippen molar-refractivity contribution in [3.8, 4) is 0 Å². The van der Waals surface area contributed by atoms with Gasteiger partial charge in [0.2, 0.25) is 0 Å². The Morgan fingerprint density at radius 3 is 2.79 bits per heavy atom. The van der Waals surface area contributed by atoms with Gasteiger partial charge in [0.15, 0.2) is 0 Å². The molecule has 0 saturated carbocycles. The lowest BCUT2D eigenvalue weighted by molar-refractivity contribution is 0.0943. The number of nitrogens with zero attached hydrogens (tertiary/aromatic N) is 1. The van der Waals surface area contributed by atoms with Gasteiger partial charge in [-0.05, 0) is 24.3 Å². The van der Waals surface area contributed by atoms with Crippen LogP contribution in [-0.2, 0) is 6.54 Å². The summed E-state index contributed by atoms with van der Waals surface area (Å²) in [6, 6.07) is 14.9. The molecule has 1 aromatic carbocycles. The molecule has 0 bridgehead atoms. The predicted molar refractivity (Wildman–Crippen MR) is 71.6 cm³/mol. The number of pyridine rings is 1. The van der Waals surface area contributed by atoms with Crippen LogP contribution in [0.5, 0.6) is 0 Å². The van der Waals surface area contributed by atoms with Crippen LogP contribution in [0.1, 0.15) is 16.2 Å². The second-order valence-electron chi connectivity index (χ2n) is 4.15. The lowest BCUT2D eigenvalue weighted by atomic mass is 10.2. The molecule has 0 aliphatic rings. The highest BCUT2D eigenvalue weighted by molar-refractivity contribution is 5.92. The fourth-order valence-corrected chi connectivity index (χ4v) is 1.88. The van der Waals surface area contributed by atoms with Crippen LogP contribution in [0.2, 0.25) is 0 Å². The van der Waals surface area contributed by atoms with E-state index in [0.717, 1.165) is 16.7 Å².